The van der Waals surface area contributed by atoms with Crippen molar-refractivity contribution in [2.75, 3.05) is 11.5 Å². The SMILES string of the molecule is CCn1c(N)c(-c2ncc[nH]2)c(=O)c2ccc(C#CC(C)(O)c3cccs3)nc21.CCn1c(N)c(-c2ncc[nH]2)c(=O)c2ccc(C#CC(C)O)nc21. The molecule has 0 bridgehead atoms. The van der Waals surface area contributed by atoms with E-state index in [1.165, 1.54) is 11.3 Å². The van der Waals surface area contributed by atoms with Crippen molar-refractivity contribution in [2.45, 2.75) is 52.5 Å². The number of nitrogens with one attached hydrogen (secondary N) is 2. The molecular formula is C38H36N10O4S. The van der Waals surface area contributed by atoms with Crippen LogP contribution in [0, 0.1) is 23.7 Å². The molecule has 15 heteroatoms. The maximum absolute atomic E-state index is 13.0. The summed E-state index contributed by atoms with van der Waals surface area (Å²) in [6, 6.07) is 10.4. The summed E-state index contributed by atoms with van der Waals surface area (Å²) >= 11 is 1.43. The van der Waals surface area contributed by atoms with Gasteiger partial charge in [-0.25, -0.2) is 19.9 Å². The summed E-state index contributed by atoms with van der Waals surface area (Å²) in [6.45, 7) is 8.12. The zero-order valence-electron chi connectivity index (χ0n) is 29.3. The summed E-state index contributed by atoms with van der Waals surface area (Å²) in [7, 11) is 0. The van der Waals surface area contributed by atoms with Crippen LogP contribution in [0.4, 0.5) is 11.6 Å². The molecule has 0 saturated carbocycles. The number of hydrogen-bond donors (Lipinski definition) is 6. The second-order valence-electron chi connectivity index (χ2n) is 11.9. The third kappa shape index (κ3) is 7.17. The number of anilines is 2. The quantitative estimate of drug-likeness (QED) is 0.141. The minimum absolute atomic E-state index is 0.232. The van der Waals surface area contributed by atoms with Crippen LogP contribution in [-0.2, 0) is 18.7 Å². The first-order valence-electron chi connectivity index (χ1n) is 16.6. The van der Waals surface area contributed by atoms with Gasteiger partial charge in [0.15, 0.2) is 5.60 Å². The Morgan fingerprint density at radius 1 is 0.849 bits per heavy atom. The highest BCUT2D eigenvalue weighted by Gasteiger charge is 2.22. The number of thiophene rings is 1. The normalized spacial score (nSPS) is 12.6. The van der Waals surface area contributed by atoms with Crippen LogP contribution in [0.1, 0.15) is 44.0 Å². The fourth-order valence-corrected chi connectivity index (χ4v) is 6.43. The summed E-state index contributed by atoms with van der Waals surface area (Å²) in [6.07, 6.45) is 5.68. The van der Waals surface area contributed by atoms with Gasteiger partial charge in [-0.1, -0.05) is 17.9 Å². The Morgan fingerprint density at radius 3 is 1.77 bits per heavy atom. The molecule has 53 heavy (non-hydrogen) atoms. The van der Waals surface area contributed by atoms with Gasteiger partial charge >= 0.3 is 0 Å². The van der Waals surface area contributed by atoms with Crippen LogP contribution in [0.2, 0.25) is 0 Å². The number of rotatable bonds is 5. The summed E-state index contributed by atoms with van der Waals surface area (Å²) < 4.78 is 3.51. The van der Waals surface area contributed by atoms with Crippen molar-refractivity contribution < 1.29 is 10.2 Å². The lowest BCUT2D eigenvalue weighted by atomic mass is 10.1. The van der Waals surface area contributed by atoms with Crippen LogP contribution in [-0.4, -0.2) is 55.4 Å². The van der Waals surface area contributed by atoms with Crippen LogP contribution in [0.15, 0.2) is 76.2 Å². The number of aliphatic hydroxyl groups is 2. The highest BCUT2D eigenvalue weighted by Crippen LogP contribution is 2.26. The average molecular weight is 729 g/mol. The molecule has 0 spiro atoms. The minimum atomic E-state index is -1.28. The number of aliphatic hydroxyl groups excluding tert-OH is 1. The Hall–Kier alpha value is -6.52. The first-order chi connectivity index (χ1) is 25.4. The largest absolute Gasteiger partial charge is 0.384 e. The Balaban J connectivity index is 0.000000185. The van der Waals surface area contributed by atoms with E-state index < -0.39 is 11.7 Å². The van der Waals surface area contributed by atoms with E-state index in [9.17, 15) is 19.8 Å². The lowest BCUT2D eigenvalue weighted by Gasteiger charge is -2.15. The van der Waals surface area contributed by atoms with Gasteiger partial charge in [-0.05, 0) is 75.2 Å². The van der Waals surface area contributed by atoms with E-state index in [2.05, 4.69) is 53.6 Å². The van der Waals surface area contributed by atoms with E-state index in [0.29, 0.717) is 81.0 Å². The standard InChI is InChI=1S/C21H19N5O2S.C17H17N5O2/c1-3-26-18(22)16(19-23-10-11-24-19)17(27)14-7-6-13(25-20(14)26)8-9-21(2,28)15-5-4-12-29-15;1-3-22-15(18)13(16-19-8-9-20-16)14(24)12-7-6-11(21-17(12)22)5-4-10(2)23/h4-7,10-12,28H,3,22H2,1-2H3,(H,23,24);6-10,23H,3,18H2,1-2H3,(H,19,20). The number of imidazole rings is 2. The molecule has 14 nitrogen and oxygen atoms in total. The molecule has 0 amide bonds. The van der Waals surface area contributed by atoms with Gasteiger partial charge < -0.3 is 40.8 Å². The molecule has 7 heterocycles. The first kappa shape index (κ1) is 36.3. The predicted molar refractivity (Wildman–Crippen MR) is 207 cm³/mol. The zero-order valence-corrected chi connectivity index (χ0v) is 30.1. The van der Waals surface area contributed by atoms with Crippen molar-refractivity contribution in [1.29, 1.82) is 0 Å². The number of H-pyrrole nitrogens is 2. The van der Waals surface area contributed by atoms with Gasteiger partial charge in [-0.3, -0.25) is 9.59 Å². The molecule has 2 unspecified atom stereocenters. The van der Waals surface area contributed by atoms with Gasteiger partial charge in [0, 0.05) is 42.8 Å². The molecule has 0 fully saturated rings. The Morgan fingerprint density at radius 2 is 1.36 bits per heavy atom. The molecule has 7 aromatic rings. The van der Waals surface area contributed by atoms with Crippen molar-refractivity contribution >= 4 is 45.0 Å². The lowest BCUT2D eigenvalue weighted by Crippen LogP contribution is -2.19. The number of nitrogens with two attached hydrogens (primary N) is 2. The fourth-order valence-electron chi connectivity index (χ4n) is 5.69. The number of pyridine rings is 4. The smallest absolute Gasteiger partial charge is 0.204 e. The van der Waals surface area contributed by atoms with Gasteiger partial charge in [0.05, 0.1) is 10.8 Å². The lowest BCUT2D eigenvalue weighted by molar-refractivity contribution is 0.126. The molecule has 7 aromatic heterocycles. The molecule has 7 rings (SSSR count). The van der Waals surface area contributed by atoms with Gasteiger partial charge in [0.1, 0.15) is 63.2 Å². The molecule has 268 valence electrons. The van der Waals surface area contributed by atoms with Crippen molar-refractivity contribution in [3.05, 3.63) is 103 Å². The van der Waals surface area contributed by atoms with Gasteiger partial charge in [-0.15, -0.1) is 11.3 Å². The Labute approximate surface area is 307 Å². The van der Waals surface area contributed by atoms with E-state index in [4.69, 9.17) is 11.5 Å². The van der Waals surface area contributed by atoms with Crippen LogP contribution in [0.3, 0.4) is 0 Å². The zero-order chi connectivity index (χ0) is 37.9. The number of nitrogen functional groups attached to an aromatic ring is 2. The minimum Gasteiger partial charge on any atom is -0.384 e. The number of aromatic nitrogens is 8. The number of aromatic amines is 2. The first-order valence-corrected chi connectivity index (χ1v) is 17.5. The molecule has 0 aromatic carbocycles. The van der Waals surface area contributed by atoms with Crippen LogP contribution >= 0.6 is 11.3 Å². The molecule has 0 saturated heterocycles. The third-order valence-corrected chi connectivity index (χ3v) is 9.33. The molecule has 0 aliphatic rings. The Bertz CT molecular complexity index is 2670. The molecule has 8 N–H and O–H groups in total. The van der Waals surface area contributed by atoms with E-state index in [0.717, 1.165) is 4.88 Å². The number of aryl methyl sites for hydroxylation is 2. The van der Waals surface area contributed by atoms with Gasteiger partial charge in [0.2, 0.25) is 10.9 Å². The average Bonchev–Trinajstić information content (AvgIpc) is 3.96. The second-order valence-corrected chi connectivity index (χ2v) is 12.9. The van der Waals surface area contributed by atoms with E-state index >= 15 is 0 Å². The van der Waals surface area contributed by atoms with Crippen molar-refractivity contribution in [3.63, 3.8) is 0 Å². The van der Waals surface area contributed by atoms with Crippen LogP contribution in [0.5, 0.6) is 0 Å². The molecule has 0 radical (unpaired) electrons. The highest BCUT2D eigenvalue weighted by atomic mass is 32.1. The predicted octanol–water partition coefficient (Wildman–Crippen LogP) is 3.83. The summed E-state index contributed by atoms with van der Waals surface area (Å²) in [5, 5.41) is 22.6. The summed E-state index contributed by atoms with van der Waals surface area (Å²) in [5.41, 5.74) is 13.2. The third-order valence-electron chi connectivity index (χ3n) is 8.25. The van der Waals surface area contributed by atoms with Crippen molar-refractivity contribution in [1.82, 2.24) is 39.0 Å². The van der Waals surface area contributed by atoms with E-state index in [-0.39, 0.29) is 10.9 Å². The van der Waals surface area contributed by atoms with E-state index in [1.54, 1.807) is 72.0 Å². The summed E-state index contributed by atoms with van der Waals surface area (Å²) in [5.74, 6) is 12.7. The monoisotopic (exact) mass is 728 g/mol. The number of fused-ring (bicyclic) bond motifs is 2. The topological polar surface area (TPSA) is 220 Å². The Kier molecular flexibility index (Phi) is 10.3. The van der Waals surface area contributed by atoms with E-state index in [1.807, 2.05) is 31.4 Å². The van der Waals surface area contributed by atoms with Crippen molar-refractivity contribution in [2.24, 2.45) is 0 Å². The second kappa shape index (κ2) is 15.0. The number of hydrogen-bond acceptors (Lipinski definition) is 11. The maximum atomic E-state index is 13.0. The molecular weight excluding hydrogens is 693 g/mol. The molecule has 2 atom stereocenters. The summed E-state index contributed by atoms with van der Waals surface area (Å²) in [4.78, 5) is 49.8. The van der Waals surface area contributed by atoms with Crippen molar-refractivity contribution in [3.8, 4) is 46.5 Å². The van der Waals surface area contributed by atoms with Crippen LogP contribution in [0.25, 0.3) is 44.8 Å². The van der Waals surface area contributed by atoms with Gasteiger partial charge in [-0.2, -0.15) is 0 Å². The molecule has 0 aliphatic carbocycles. The highest BCUT2D eigenvalue weighted by molar-refractivity contribution is 7.10. The van der Waals surface area contributed by atoms with Crippen LogP contribution < -0.4 is 22.3 Å². The maximum Gasteiger partial charge on any atom is 0.204 e. The van der Waals surface area contributed by atoms with Gasteiger partial charge in [0.25, 0.3) is 0 Å². The molecule has 0 aliphatic heterocycles. The fraction of sp³-hybridized carbons (Fsp3) is 0.211. The number of nitrogens with zero attached hydrogens (tertiary/aromatic N) is 6.